The van der Waals surface area contributed by atoms with E-state index < -0.39 is 0 Å². The maximum atomic E-state index is 8.48. The maximum Gasteiger partial charge on any atom is 0.198 e. The van der Waals surface area contributed by atoms with E-state index in [-0.39, 0.29) is 5.84 Å². The first-order valence-electron chi connectivity index (χ1n) is 3.94. The predicted octanol–water partition coefficient (Wildman–Crippen LogP) is 0.240. The zero-order valence-electron chi connectivity index (χ0n) is 7.23. The average molecular weight is 191 g/mol. The molecule has 6 N–H and O–H groups in total. The highest BCUT2D eigenvalue weighted by Gasteiger charge is 2.03. The van der Waals surface area contributed by atoms with Crippen LogP contribution in [0.4, 0.5) is 5.95 Å². The Labute approximate surface area is 79.2 Å². The molecule has 0 bridgehead atoms. The Bertz CT molecular complexity index is 501. The quantitative estimate of drug-likeness (QED) is 0.224. The van der Waals surface area contributed by atoms with Gasteiger partial charge < -0.3 is 21.7 Å². The van der Waals surface area contributed by atoms with E-state index in [0.29, 0.717) is 11.5 Å². The molecule has 1 aromatic carbocycles. The summed E-state index contributed by atoms with van der Waals surface area (Å²) in [6.07, 6.45) is 0. The van der Waals surface area contributed by atoms with Gasteiger partial charge in [0.25, 0.3) is 0 Å². The zero-order chi connectivity index (χ0) is 10.1. The van der Waals surface area contributed by atoms with E-state index in [1.807, 2.05) is 0 Å². The van der Waals surface area contributed by atoms with Crippen molar-refractivity contribution in [1.29, 1.82) is 0 Å². The van der Waals surface area contributed by atoms with Gasteiger partial charge in [0, 0.05) is 5.56 Å². The number of H-pyrrole nitrogens is 1. The SMILES string of the molecule is N/C(=N/O)c1ccc2nc(N)[nH]c2c1. The normalized spacial score (nSPS) is 12.1. The molecular formula is C8H9N5O. The lowest BCUT2D eigenvalue weighted by Crippen LogP contribution is -2.12. The van der Waals surface area contributed by atoms with Gasteiger partial charge in [-0.1, -0.05) is 5.16 Å². The molecule has 0 atom stereocenters. The van der Waals surface area contributed by atoms with Crippen molar-refractivity contribution in [3.8, 4) is 0 Å². The molecule has 0 unspecified atom stereocenters. The number of nitrogens with zero attached hydrogens (tertiary/aromatic N) is 2. The fourth-order valence-corrected chi connectivity index (χ4v) is 1.25. The van der Waals surface area contributed by atoms with Crippen LogP contribution in [0.15, 0.2) is 23.4 Å². The van der Waals surface area contributed by atoms with Gasteiger partial charge in [0.2, 0.25) is 0 Å². The van der Waals surface area contributed by atoms with Gasteiger partial charge in [-0.3, -0.25) is 0 Å². The lowest BCUT2D eigenvalue weighted by molar-refractivity contribution is 0.318. The molecule has 0 radical (unpaired) electrons. The van der Waals surface area contributed by atoms with Gasteiger partial charge in [-0.2, -0.15) is 0 Å². The lowest BCUT2D eigenvalue weighted by atomic mass is 10.2. The number of benzene rings is 1. The minimum Gasteiger partial charge on any atom is -0.409 e. The van der Waals surface area contributed by atoms with E-state index in [1.165, 1.54) is 0 Å². The van der Waals surface area contributed by atoms with Crippen LogP contribution in [-0.2, 0) is 0 Å². The topological polar surface area (TPSA) is 113 Å². The van der Waals surface area contributed by atoms with Gasteiger partial charge in [-0.25, -0.2) is 4.98 Å². The Morgan fingerprint density at radius 1 is 1.50 bits per heavy atom. The standard InChI is InChI=1S/C8H9N5O/c9-7(13-14)4-1-2-5-6(3-4)12-8(10)11-5/h1-3,14H,(H2,9,13)(H3,10,11,12). The number of aromatic nitrogens is 2. The van der Waals surface area contributed by atoms with Crippen molar-refractivity contribution in [3.05, 3.63) is 23.8 Å². The van der Waals surface area contributed by atoms with E-state index in [1.54, 1.807) is 18.2 Å². The number of nitrogen functional groups attached to an aromatic ring is 1. The first-order valence-corrected chi connectivity index (χ1v) is 3.94. The summed E-state index contributed by atoms with van der Waals surface area (Å²) in [5, 5.41) is 11.4. The van der Waals surface area contributed by atoms with Gasteiger partial charge in [0.1, 0.15) is 0 Å². The number of rotatable bonds is 1. The molecule has 1 heterocycles. The number of imidazole rings is 1. The first-order chi connectivity index (χ1) is 6.70. The summed E-state index contributed by atoms with van der Waals surface area (Å²) in [4.78, 5) is 6.87. The van der Waals surface area contributed by atoms with Crippen LogP contribution in [-0.4, -0.2) is 21.0 Å². The molecule has 2 aromatic rings. The molecule has 1 aromatic heterocycles. The Balaban J connectivity index is 2.61. The van der Waals surface area contributed by atoms with Crippen LogP contribution in [0.25, 0.3) is 11.0 Å². The largest absolute Gasteiger partial charge is 0.409 e. The molecule has 0 saturated carbocycles. The number of fused-ring (bicyclic) bond motifs is 1. The van der Waals surface area contributed by atoms with Crippen molar-refractivity contribution in [2.75, 3.05) is 5.73 Å². The fourth-order valence-electron chi connectivity index (χ4n) is 1.25. The Hall–Kier alpha value is -2.24. The van der Waals surface area contributed by atoms with E-state index in [0.717, 1.165) is 11.0 Å². The maximum absolute atomic E-state index is 8.48. The number of amidine groups is 1. The van der Waals surface area contributed by atoms with Gasteiger partial charge in [-0.15, -0.1) is 0 Å². The number of hydrogen-bond donors (Lipinski definition) is 4. The molecule has 0 amide bonds. The minimum atomic E-state index is 0.0556. The van der Waals surface area contributed by atoms with Gasteiger partial charge >= 0.3 is 0 Å². The second-order valence-electron chi connectivity index (χ2n) is 2.84. The summed E-state index contributed by atoms with van der Waals surface area (Å²) < 4.78 is 0. The molecule has 0 fully saturated rings. The fraction of sp³-hybridized carbons (Fsp3) is 0. The summed E-state index contributed by atoms with van der Waals surface area (Å²) in [5.74, 6) is 0.400. The number of hydrogen-bond acceptors (Lipinski definition) is 4. The van der Waals surface area contributed by atoms with Crippen LogP contribution < -0.4 is 11.5 Å². The highest BCUT2D eigenvalue weighted by Crippen LogP contribution is 2.14. The van der Waals surface area contributed by atoms with E-state index in [9.17, 15) is 0 Å². The van der Waals surface area contributed by atoms with Crippen LogP contribution in [0, 0.1) is 0 Å². The van der Waals surface area contributed by atoms with Crippen molar-refractivity contribution >= 4 is 22.8 Å². The third kappa shape index (κ3) is 1.22. The minimum absolute atomic E-state index is 0.0556. The third-order valence-corrected chi connectivity index (χ3v) is 1.90. The highest BCUT2D eigenvalue weighted by atomic mass is 16.4. The van der Waals surface area contributed by atoms with Crippen LogP contribution in [0.3, 0.4) is 0 Å². The van der Waals surface area contributed by atoms with Crippen molar-refractivity contribution in [2.24, 2.45) is 10.9 Å². The average Bonchev–Trinajstić information content (AvgIpc) is 2.55. The third-order valence-electron chi connectivity index (χ3n) is 1.90. The van der Waals surface area contributed by atoms with Crippen molar-refractivity contribution in [2.45, 2.75) is 0 Å². The van der Waals surface area contributed by atoms with E-state index in [4.69, 9.17) is 16.7 Å². The van der Waals surface area contributed by atoms with Crippen LogP contribution in [0.5, 0.6) is 0 Å². The van der Waals surface area contributed by atoms with Crippen molar-refractivity contribution in [1.82, 2.24) is 9.97 Å². The van der Waals surface area contributed by atoms with Crippen molar-refractivity contribution < 1.29 is 5.21 Å². The predicted molar refractivity (Wildman–Crippen MR) is 53.0 cm³/mol. The molecule has 6 nitrogen and oxygen atoms in total. The molecular weight excluding hydrogens is 182 g/mol. The Kier molecular flexibility index (Phi) is 1.74. The number of nitrogens with two attached hydrogens (primary N) is 2. The Morgan fingerprint density at radius 2 is 2.29 bits per heavy atom. The van der Waals surface area contributed by atoms with E-state index in [2.05, 4.69) is 15.1 Å². The second kappa shape index (κ2) is 2.91. The molecule has 2 rings (SSSR count). The highest BCUT2D eigenvalue weighted by molar-refractivity contribution is 5.99. The number of aromatic amines is 1. The van der Waals surface area contributed by atoms with Gasteiger partial charge in [0.05, 0.1) is 11.0 Å². The van der Waals surface area contributed by atoms with Crippen molar-refractivity contribution in [3.63, 3.8) is 0 Å². The summed E-state index contributed by atoms with van der Waals surface area (Å²) in [6, 6.07) is 5.17. The van der Waals surface area contributed by atoms with Crippen LogP contribution in [0.2, 0.25) is 0 Å². The summed E-state index contributed by atoms with van der Waals surface area (Å²) in [7, 11) is 0. The molecule has 0 aliphatic carbocycles. The number of oxime groups is 1. The zero-order valence-corrected chi connectivity index (χ0v) is 7.23. The smallest absolute Gasteiger partial charge is 0.198 e. The van der Waals surface area contributed by atoms with Gasteiger partial charge in [-0.05, 0) is 18.2 Å². The molecule has 0 spiro atoms. The molecule has 14 heavy (non-hydrogen) atoms. The second-order valence-corrected chi connectivity index (χ2v) is 2.84. The van der Waals surface area contributed by atoms with Gasteiger partial charge in [0.15, 0.2) is 11.8 Å². The monoisotopic (exact) mass is 191 g/mol. The first kappa shape index (κ1) is 8.36. The lowest BCUT2D eigenvalue weighted by Gasteiger charge is -1.96. The number of nitrogens with one attached hydrogen (secondary N) is 1. The molecule has 0 saturated heterocycles. The molecule has 6 heteroatoms. The number of anilines is 1. The summed E-state index contributed by atoms with van der Waals surface area (Å²) >= 11 is 0. The van der Waals surface area contributed by atoms with Crippen LogP contribution >= 0.6 is 0 Å². The van der Waals surface area contributed by atoms with Crippen LogP contribution in [0.1, 0.15) is 5.56 Å². The Morgan fingerprint density at radius 3 is 3.00 bits per heavy atom. The molecule has 0 aliphatic rings. The van der Waals surface area contributed by atoms with E-state index >= 15 is 0 Å². The summed E-state index contributed by atoms with van der Waals surface area (Å²) in [6.45, 7) is 0. The molecule has 72 valence electrons. The summed E-state index contributed by atoms with van der Waals surface area (Å²) in [5.41, 5.74) is 13.0. The molecule has 0 aliphatic heterocycles.